The summed E-state index contributed by atoms with van der Waals surface area (Å²) < 4.78 is 10.7. The van der Waals surface area contributed by atoms with E-state index in [1.54, 1.807) is 4.90 Å². The van der Waals surface area contributed by atoms with Gasteiger partial charge in [-0.15, -0.1) is 0 Å². The SMILES string of the molecule is C[C@@H]1CCN(C(=O)OC(C)(C)C)[C@@H](C)C1.C[C@H]1C[C@H](O)CCN1C(=O)OC(C)(C)C. The largest absolute Gasteiger partial charge is 0.444 e. The number of aliphatic hydroxyl groups is 1. The van der Waals surface area contributed by atoms with Gasteiger partial charge in [0.1, 0.15) is 11.2 Å². The average molecular weight is 429 g/mol. The molecule has 2 aliphatic rings. The van der Waals surface area contributed by atoms with Crippen molar-refractivity contribution in [2.75, 3.05) is 13.1 Å². The Morgan fingerprint density at radius 3 is 1.53 bits per heavy atom. The van der Waals surface area contributed by atoms with Crippen molar-refractivity contribution in [3.05, 3.63) is 0 Å². The fourth-order valence-corrected chi connectivity index (χ4v) is 3.74. The minimum atomic E-state index is -0.452. The van der Waals surface area contributed by atoms with E-state index in [-0.39, 0.29) is 29.9 Å². The lowest BCUT2D eigenvalue weighted by Gasteiger charge is -2.37. The molecule has 0 spiro atoms. The summed E-state index contributed by atoms with van der Waals surface area (Å²) in [4.78, 5) is 27.1. The summed E-state index contributed by atoms with van der Waals surface area (Å²) >= 11 is 0. The van der Waals surface area contributed by atoms with Crippen molar-refractivity contribution in [1.29, 1.82) is 0 Å². The van der Waals surface area contributed by atoms with Gasteiger partial charge in [0.15, 0.2) is 0 Å². The number of amides is 2. The van der Waals surface area contributed by atoms with Crippen LogP contribution in [0.4, 0.5) is 9.59 Å². The van der Waals surface area contributed by atoms with Crippen LogP contribution < -0.4 is 0 Å². The molecule has 0 aromatic rings. The summed E-state index contributed by atoms with van der Waals surface area (Å²) in [7, 11) is 0. The summed E-state index contributed by atoms with van der Waals surface area (Å²) in [5, 5.41) is 9.43. The zero-order valence-corrected chi connectivity index (χ0v) is 20.5. The van der Waals surface area contributed by atoms with Gasteiger partial charge in [-0.25, -0.2) is 9.59 Å². The molecule has 0 unspecified atom stereocenters. The van der Waals surface area contributed by atoms with Gasteiger partial charge >= 0.3 is 12.2 Å². The molecule has 0 radical (unpaired) electrons. The zero-order valence-electron chi connectivity index (χ0n) is 20.5. The normalized spacial score (nSPS) is 27.7. The van der Waals surface area contributed by atoms with Crippen LogP contribution in [0, 0.1) is 5.92 Å². The molecule has 7 nitrogen and oxygen atoms in total. The quantitative estimate of drug-likeness (QED) is 0.599. The Morgan fingerprint density at radius 2 is 1.17 bits per heavy atom. The van der Waals surface area contributed by atoms with Crippen molar-refractivity contribution < 1.29 is 24.2 Å². The highest BCUT2D eigenvalue weighted by Gasteiger charge is 2.31. The Hall–Kier alpha value is -1.50. The molecule has 0 saturated carbocycles. The molecule has 2 amide bonds. The van der Waals surface area contributed by atoms with Crippen LogP contribution in [-0.2, 0) is 9.47 Å². The van der Waals surface area contributed by atoms with E-state index in [9.17, 15) is 14.7 Å². The molecule has 2 aliphatic heterocycles. The number of piperidine rings is 2. The topological polar surface area (TPSA) is 79.3 Å². The Kier molecular flexibility index (Phi) is 9.46. The highest BCUT2D eigenvalue weighted by Crippen LogP contribution is 2.24. The summed E-state index contributed by atoms with van der Waals surface area (Å²) in [6.45, 7) is 19.0. The molecule has 2 saturated heterocycles. The van der Waals surface area contributed by atoms with E-state index in [4.69, 9.17) is 9.47 Å². The van der Waals surface area contributed by atoms with E-state index in [1.807, 2.05) is 53.4 Å². The summed E-state index contributed by atoms with van der Waals surface area (Å²) in [5.41, 5.74) is -0.841. The van der Waals surface area contributed by atoms with E-state index < -0.39 is 5.60 Å². The molecule has 2 rings (SSSR count). The van der Waals surface area contributed by atoms with Gasteiger partial charge in [0.2, 0.25) is 0 Å². The molecule has 0 aromatic heterocycles. The number of ether oxygens (including phenoxy) is 2. The van der Waals surface area contributed by atoms with E-state index in [0.29, 0.717) is 25.4 Å². The first-order chi connectivity index (χ1) is 13.6. The lowest BCUT2D eigenvalue weighted by atomic mass is 9.94. The maximum absolute atomic E-state index is 11.8. The van der Waals surface area contributed by atoms with Gasteiger partial charge in [-0.05, 0) is 87.0 Å². The minimum absolute atomic E-state index is 0.0589. The molecule has 7 heteroatoms. The molecule has 0 aliphatic carbocycles. The maximum Gasteiger partial charge on any atom is 0.410 e. The second kappa shape index (κ2) is 10.7. The molecular weight excluding hydrogens is 384 g/mol. The maximum atomic E-state index is 11.8. The fraction of sp³-hybridized carbons (Fsp3) is 0.913. The van der Waals surface area contributed by atoms with E-state index >= 15 is 0 Å². The molecule has 2 fully saturated rings. The highest BCUT2D eigenvalue weighted by atomic mass is 16.6. The van der Waals surface area contributed by atoms with Crippen molar-refractivity contribution in [2.45, 2.75) is 117 Å². The predicted octanol–water partition coefficient (Wildman–Crippen LogP) is 4.81. The number of carbonyl (C=O) groups is 2. The average Bonchev–Trinajstić information content (AvgIpc) is 2.51. The van der Waals surface area contributed by atoms with E-state index in [0.717, 1.165) is 25.3 Å². The first-order valence-corrected chi connectivity index (χ1v) is 11.3. The molecule has 4 atom stereocenters. The third-order valence-electron chi connectivity index (χ3n) is 5.24. The van der Waals surface area contributed by atoms with Crippen LogP contribution in [0.2, 0.25) is 0 Å². The number of hydrogen-bond acceptors (Lipinski definition) is 5. The third-order valence-corrected chi connectivity index (χ3v) is 5.24. The summed E-state index contributed by atoms with van der Waals surface area (Å²) in [6.07, 6.45) is 2.73. The third kappa shape index (κ3) is 9.54. The number of carbonyl (C=O) groups excluding carboxylic acids is 2. The smallest absolute Gasteiger partial charge is 0.410 e. The van der Waals surface area contributed by atoms with Gasteiger partial charge in [-0.3, -0.25) is 0 Å². The van der Waals surface area contributed by atoms with E-state index in [2.05, 4.69) is 13.8 Å². The van der Waals surface area contributed by atoms with Crippen molar-refractivity contribution in [3.8, 4) is 0 Å². The van der Waals surface area contributed by atoms with Crippen molar-refractivity contribution in [3.63, 3.8) is 0 Å². The van der Waals surface area contributed by atoms with Gasteiger partial charge in [-0.1, -0.05) is 6.92 Å². The second-order valence-corrected chi connectivity index (χ2v) is 10.9. The lowest BCUT2D eigenvalue weighted by Crippen LogP contribution is -2.47. The number of aliphatic hydroxyl groups excluding tert-OH is 1. The molecular formula is C23H44N2O5. The van der Waals surface area contributed by atoms with Crippen LogP contribution in [0.3, 0.4) is 0 Å². The van der Waals surface area contributed by atoms with Crippen molar-refractivity contribution in [1.82, 2.24) is 9.80 Å². The monoisotopic (exact) mass is 428 g/mol. The zero-order chi connectivity index (χ0) is 23.3. The van der Waals surface area contributed by atoms with Crippen LogP contribution in [0.15, 0.2) is 0 Å². The van der Waals surface area contributed by atoms with Crippen LogP contribution in [0.5, 0.6) is 0 Å². The number of hydrogen-bond donors (Lipinski definition) is 1. The van der Waals surface area contributed by atoms with Gasteiger partial charge < -0.3 is 24.4 Å². The number of rotatable bonds is 0. The van der Waals surface area contributed by atoms with Crippen LogP contribution in [-0.4, -0.2) is 69.6 Å². The van der Waals surface area contributed by atoms with Gasteiger partial charge in [-0.2, -0.15) is 0 Å². The number of likely N-dealkylation sites (tertiary alicyclic amines) is 2. The predicted molar refractivity (Wildman–Crippen MR) is 118 cm³/mol. The molecule has 0 aromatic carbocycles. The van der Waals surface area contributed by atoms with Crippen molar-refractivity contribution >= 4 is 12.2 Å². The Balaban J connectivity index is 0.000000300. The molecule has 0 bridgehead atoms. The Labute approximate surface area is 183 Å². The van der Waals surface area contributed by atoms with Crippen molar-refractivity contribution in [2.24, 2.45) is 5.92 Å². The Morgan fingerprint density at radius 1 is 0.767 bits per heavy atom. The number of nitrogens with zero attached hydrogens (tertiary/aromatic N) is 2. The first kappa shape index (κ1) is 26.5. The molecule has 30 heavy (non-hydrogen) atoms. The van der Waals surface area contributed by atoms with Gasteiger partial charge in [0.05, 0.1) is 6.10 Å². The molecule has 1 N–H and O–H groups in total. The summed E-state index contributed by atoms with van der Waals surface area (Å²) in [5.74, 6) is 0.721. The van der Waals surface area contributed by atoms with Crippen LogP contribution in [0.25, 0.3) is 0 Å². The first-order valence-electron chi connectivity index (χ1n) is 11.3. The van der Waals surface area contributed by atoms with E-state index in [1.165, 1.54) is 0 Å². The summed E-state index contributed by atoms with van der Waals surface area (Å²) in [6, 6.07) is 0.368. The molecule has 176 valence electrons. The fourth-order valence-electron chi connectivity index (χ4n) is 3.74. The minimum Gasteiger partial charge on any atom is -0.444 e. The standard InChI is InChI=1S/C12H23NO2.C11H21NO3/c1-9-6-7-13(10(2)8-9)11(14)15-12(3,4)5;1-8-7-9(13)5-6-12(8)10(14)15-11(2,3)4/h9-10H,6-8H2,1-5H3;8-9,13H,5-7H2,1-4H3/t9-,10+;8-,9+/m10/s1. The second-order valence-electron chi connectivity index (χ2n) is 10.9. The highest BCUT2D eigenvalue weighted by molar-refractivity contribution is 5.69. The van der Waals surface area contributed by atoms with Gasteiger partial charge in [0, 0.05) is 25.2 Å². The Bertz CT molecular complexity index is 517. The van der Waals surface area contributed by atoms with Crippen LogP contribution in [0.1, 0.15) is 88.0 Å². The van der Waals surface area contributed by atoms with Crippen LogP contribution >= 0.6 is 0 Å². The van der Waals surface area contributed by atoms with Gasteiger partial charge in [0.25, 0.3) is 0 Å². The lowest BCUT2D eigenvalue weighted by molar-refractivity contribution is -0.00469. The molecule has 2 heterocycles.